The molecule has 2 atom stereocenters. The lowest BCUT2D eigenvalue weighted by Crippen LogP contribution is -2.44. The fourth-order valence-electron chi connectivity index (χ4n) is 1.45. The van der Waals surface area contributed by atoms with Gasteiger partial charge in [-0.25, -0.2) is 0 Å². The van der Waals surface area contributed by atoms with Gasteiger partial charge in [-0.2, -0.15) is 0 Å². The second kappa shape index (κ2) is 3.66. The van der Waals surface area contributed by atoms with Crippen molar-refractivity contribution in [2.45, 2.75) is 45.7 Å². The van der Waals surface area contributed by atoms with Crippen LogP contribution < -0.4 is 5.32 Å². The summed E-state index contributed by atoms with van der Waals surface area (Å²) in [6.07, 6.45) is 2.52. The Labute approximate surface area is 79.8 Å². The number of esters is 1. The standard InChI is InChI=1S/C10H19NO2/c1-7(9(12)13-4)11-8(2)10(3)5-6-10/h7-8,11H,5-6H2,1-4H3. The lowest BCUT2D eigenvalue weighted by Gasteiger charge is -2.23. The third kappa shape index (κ3) is 2.44. The predicted molar refractivity (Wildman–Crippen MR) is 51.4 cm³/mol. The van der Waals surface area contributed by atoms with Gasteiger partial charge in [-0.3, -0.25) is 4.79 Å². The SMILES string of the molecule is COC(=O)C(C)NC(C)C1(C)CC1. The zero-order chi connectivity index (χ0) is 10.1. The van der Waals surface area contributed by atoms with Crippen molar-refractivity contribution < 1.29 is 9.53 Å². The first-order valence-electron chi connectivity index (χ1n) is 4.83. The molecule has 76 valence electrons. The largest absolute Gasteiger partial charge is 0.468 e. The van der Waals surface area contributed by atoms with Crippen LogP contribution in [0.5, 0.6) is 0 Å². The van der Waals surface area contributed by atoms with Gasteiger partial charge in [0.25, 0.3) is 0 Å². The van der Waals surface area contributed by atoms with E-state index < -0.39 is 0 Å². The summed E-state index contributed by atoms with van der Waals surface area (Å²) < 4.78 is 4.64. The lowest BCUT2D eigenvalue weighted by molar-refractivity contribution is -0.142. The molecule has 1 aliphatic rings. The number of nitrogens with one attached hydrogen (secondary N) is 1. The van der Waals surface area contributed by atoms with Gasteiger partial charge in [0.1, 0.15) is 6.04 Å². The van der Waals surface area contributed by atoms with E-state index in [1.54, 1.807) is 0 Å². The van der Waals surface area contributed by atoms with Crippen molar-refractivity contribution >= 4 is 5.97 Å². The molecular formula is C10H19NO2. The normalized spacial score (nSPS) is 23.4. The quantitative estimate of drug-likeness (QED) is 0.671. The van der Waals surface area contributed by atoms with Gasteiger partial charge in [0.05, 0.1) is 7.11 Å². The summed E-state index contributed by atoms with van der Waals surface area (Å²) in [6.45, 7) is 6.22. The molecule has 3 nitrogen and oxygen atoms in total. The maximum atomic E-state index is 11.1. The average Bonchev–Trinajstić information content (AvgIpc) is 2.83. The van der Waals surface area contributed by atoms with Crippen molar-refractivity contribution in [1.82, 2.24) is 5.32 Å². The molecule has 0 aliphatic heterocycles. The second-order valence-corrected chi connectivity index (χ2v) is 4.29. The van der Waals surface area contributed by atoms with Gasteiger partial charge in [0.15, 0.2) is 0 Å². The van der Waals surface area contributed by atoms with E-state index in [0.717, 1.165) is 0 Å². The van der Waals surface area contributed by atoms with Gasteiger partial charge in [0, 0.05) is 6.04 Å². The van der Waals surface area contributed by atoms with Crippen LogP contribution in [0.1, 0.15) is 33.6 Å². The van der Waals surface area contributed by atoms with Crippen molar-refractivity contribution in [1.29, 1.82) is 0 Å². The van der Waals surface area contributed by atoms with Crippen molar-refractivity contribution in [3.8, 4) is 0 Å². The molecular weight excluding hydrogens is 166 g/mol. The predicted octanol–water partition coefficient (Wildman–Crippen LogP) is 1.33. The summed E-state index contributed by atoms with van der Waals surface area (Å²) in [7, 11) is 1.42. The molecule has 2 unspecified atom stereocenters. The Hall–Kier alpha value is -0.570. The van der Waals surface area contributed by atoms with E-state index >= 15 is 0 Å². The zero-order valence-corrected chi connectivity index (χ0v) is 8.89. The molecule has 0 spiro atoms. The minimum atomic E-state index is -0.197. The van der Waals surface area contributed by atoms with E-state index in [4.69, 9.17) is 0 Å². The zero-order valence-electron chi connectivity index (χ0n) is 8.89. The third-order valence-electron chi connectivity index (χ3n) is 3.14. The molecule has 1 aliphatic carbocycles. The summed E-state index contributed by atoms with van der Waals surface area (Å²) in [5.74, 6) is -0.184. The van der Waals surface area contributed by atoms with Crippen LogP contribution in [0.15, 0.2) is 0 Å². The van der Waals surface area contributed by atoms with Crippen molar-refractivity contribution in [3.63, 3.8) is 0 Å². The number of methoxy groups -OCH3 is 1. The van der Waals surface area contributed by atoms with Crippen LogP contribution in [-0.4, -0.2) is 25.2 Å². The topological polar surface area (TPSA) is 38.3 Å². The molecule has 0 aromatic carbocycles. The van der Waals surface area contributed by atoms with Crippen molar-refractivity contribution in [2.75, 3.05) is 7.11 Å². The first kappa shape index (κ1) is 10.5. The van der Waals surface area contributed by atoms with Crippen LogP contribution >= 0.6 is 0 Å². The molecule has 1 N–H and O–H groups in total. The van der Waals surface area contributed by atoms with Crippen LogP contribution in [0, 0.1) is 5.41 Å². The van der Waals surface area contributed by atoms with Crippen molar-refractivity contribution in [3.05, 3.63) is 0 Å². The number of ether oxygens (including phenoxy) is 1. The van der Waals surface area contributed by atoms with Gasteiger partial charge in [-0.05, 0) is 32.1 Å². The summed E-state index contributed by atoms with van der Waals surface area (Å²) in [4.78, 5) is 11.1. The fourth-order valence-corrected chi connectivity index (χ4v) is 1.45. The first-order chi connectivity index (χ1) is 5.99. The molecule has 0 radical (unpaired) electrons. The summed E-state index contributed by atoms with van der Waals surface area (Å²) in [6, 6.07) is 0.194. The monoisotopic (exact) mass is 185 g/mol. The first-order valence-corrected chi connectivity index (χ1v) is 4.83. The van der Waals surface area contributed by atoms with E-state index in [2.05, 4.69) is 23.9 Å². The van der Waals surface area contributed by atoms with Crippen LogP contribution in [0.2, 0.25) is 0 Å². The summed E-state index contributed by atoms with van der Waals surface area (Å²) in [5, 5.41) is 3.26. The highest BCUT2D eigenvalue weighted by Gasteiger charge is 2.43. The minimum absolute atomic E-state index is 0.184. The highest BCUT2D eigenvalue weighted by molar-refractivity contribution is 5.75. The Morgan fingerprint density at radius 1 is 1.46 bits per heavy atom. The molecule has 13 heavy (non-hydrogen) atoms. The molecule has 1 fully saturated rings. The molecule has 3 heteroatoms. The molecule has 0 aromatic rings. The van der Waals surface area contributed by atoms with E-state index in [9.17, 15) is 4.79 Å². The number of carbonyl (C=O) groups excluding carboxylic acids is 1. The Balaban J connectivity index is 2.35. The van der Waals surface area contributed by atoms with Crippen LogP contribution in [0.3, 0.4) is 0 Å². The number of hydrogen-bond donors (Lipinski definition) is 1. The Kier molecular flexibility index (Phi) is 2.96. The molecule has 0 bridgehead atoms. The van der Waals surface area contributed by atoms with Gasteiger partial charge in [0.2, 0.25) is 0 Å². The van der Waals surface area contributed by atoms with Crippen LogP contribution in [-0.2, 0) is 9.53 Å². The van der Waals surface area contributed by atoms with Crippen molar-refractivity contribution in [2.24, 2.45) is 5.41 Å². The van der Waals surface area contributed by atoms with Gasteiger partial charge < -0.3 is 10.1 Å². The molecule has 1 saturated carbocycles. The smallest absolute Gasteiger partial charge is 0.322 e. The highest BCUT2D eigenvalue weighted by Crippen LogP contribution is 2.47. The van der Waals surface area contributed by atoms with Gasteiger partial charge >= 0.3 is 5.97 Å². The third-order valence-corrected chi connectivity index (χ3v) is 3.14. The van der Waals surface area contributed by atoms with E-state index in [1.807, 2.05) is 6.92 Å². The van der Waals surface area contributed by atoms with E-state index in [0.29, 0.717) is 11.5 Å². The number of hydrogen-bond acceptors (Lipinski definition) is 3. The molecule has 0 aromatic heterocycles. The maximum absolute atomic E-state index is 11.1. The highest BCUT2D eigenvalue weighted by atomic mass is 16.5. The average molecular weight is 185 g/mol. The maximum Gasteiger partial charge on any atom is 0.322 e. The van der Waals surface area contributed by atoms with Crippen LogP contribution in [0.4, 0.5) is 0 Å². The van der Waals surface area contributed by atoms with Crippen LogP contribution in [0.25, 0.3) is 0 Å². The lowest BCUT2D eigenvalue weighted by atomic mass is 10.0. The Bertz CT molecular complexity index is 199. The minimum Gasteiger partial charge on any atom is -0.468 e. The number of rotatable bonds is 4. The number of carbonyl (C=O) groups is 1. The molecule has 1 rings (SSSR count). The molecule has 0 amide bonds. The second-order valence-electron chi connectivity index (χ2n) is 4.29. The Morgan fingerprint density at radius 3 is 2.38 bits per heavy atom. The van der Waals surface area contributed by atoms with Gasteiger partial charge in [-0.15, -0.1) is 0 Å². The summed E-state index contributed by atoms with van der Waals surface area (Å²) >= 11 is 0. The molecule has 0 heterocycles. The Morgan fingerprint density at radius 2 is 2.00 bits per heavy atom. The van der Waals surface area contributed by atoms with E-state index in [-0.39, 0.29) is 12.0 Å². The van der Waals surface area contributed by atoms with E-state index in [1.165, 1.54) is 20.0 Å². The molecule has 0 saturated heterocycles. The summed E-state index contributed by atoms with van der Waals surface area (Å²) in [5.41, 5.74) is 0.405. The fraction of sp³-hybridized carbons (Fsp3) is 0.900. The van der Waals surface area contributed by atoms with Gasteiger partial charge in [-0.1, -0.05) is 6.92 Å².